The second-order valence-electron chi connectivity index (χ2n) is 5.89. The first-order valence-corrected chi connectivity index (χ1v) is 7.12. The lowest BCUT2D eigenvalue weighted by Crippen LogP contribution is -2.54. The maximum Gasteiger partial charge on any atom is 0.262 e. The summed E-state index contributed by atoms with van der Waals surface area (Å²) in [7, 11) is 1.61. The average molecular weight is 291 g/mol. The Hall–Kier alpha value is -1.98. The molecule has 3 rings (SSSR count). The van der Waals surface area contributed by atoms with E-state index in [1.807, 2.05) is 6.07 Å². The van der Waals surface area contributed by atoms with E-state index in [0.717, 1.165) is 5.56 Å². The number of piperidine rings is 1. The minimum absolute atomic E-state index is 0.125. The van der Waals surface area contributed by atoms with Gasteiger partial charge >= 0.3 is 0 Å². The van der Waals surface area contributed by atoms with E-state index in [-0.39, 0.29) is 24.8 Å². The van der Waals surface area contributed by atoms with Gasteiger partial charge in [-0.2, -0.15) is 0 Å². The molecule has 0 bridgehead atoms. The Balaban J connectivity index is 1.71. The minimum Gasteiger partial charge on any atom is -0.343 e. The lowest BCUT2D eigenvalue weighted by Gasteiger charge is -2.35. The van der Waals surface area contributed by atoms with Crippen LogP contribution in [0.2, 0.25) is 0 Å². The average Bonchev–Trinajstić information content (AvgIpc) is 2.83. The summed E-state index contributed by atoms with van der Waals surface area (Å²) in [5, 5.41) is 0. The normalized spacial score (nSPS) is 28.7. The molecule has 2 aliphatic heterocycles. The van der Waals surface area contributed by atoms with Crippen LogP contribution in [0.1, 0.15) is 12.0 Å². The predicted octanol–water partition coefficient (Wildman–Crippen LogP) is 0.653. The predicted molar refractivity (Wildman–Crippen MR) is 74.1 cm³/mol. The summed E-state index contributed by atoms with van der Waals surface area (Å²) in [6.07, 6.45) is 4.07. The Bertz CT molecular complexity index is 565. The topological polar surface area (TPSA) is 53.5 Å². The van der Waals surface area contributed by atoms with E-state index in [1.165, 1.54) is 9.80 Å². The van der Waals surface area contributed by atoms with Crippen molar-refractivity contribution in [2.75, 3.05) is 26.7 Å². The molecule has 0 aliphatic carbocycles. The lowest BCUT2D eigenvalue weighted by atomic mass is 9.85. The maximum atomic E-state index is 15.0. The fourth-order valence-electron chi connectivity index (χ4n) is 3.19. The highest BCUT2D eigenvalue weighted by molar-refractivity contribution is 5.89. The number of alkyl halides is 1. The lowest BCUT2D eigenvalue weighted by molar-refractivity contribution is -0.149. The number of pyridine rings is 1. The molecule has 0 N–H and O–H groups in total. The summed E-state index contributed by atoms with van der Waals surface area (Å²) in [6.45, 7) is 0.759. The number of halogens is 1. The Morgan fingerprint density at radius 1 is 1.57 bits per heavy atom. The molecule has 0 aromatic carbocycles. The number of carbonyl (C=O) groups excluding carboxylic acids is 2. The van der Waals surface area contributed by atoms with E-state index >= 15 is 0 Å². The van der Waals surface area contributed by atoms with Gasteiger partial charge in [-0.05, 0) is 18.1 Å². The Labute approximate surface area is 122 Å². The van der Waals surface area contributed by atoms with Gasteiger partial charge in [0.05, 0.1) is 13.0 Å². The van der Waals surface area contributed by atoms with Gasteiger partial charge in [0.15, 0.2) is 0 Å². The van der Waals surface area contributed by atoms with Gasteiger partial charge in [-0.25, -0.2) is 4.39 Å². The monoisotopic (exact) mass is 291 g/mol. The molecule has 0 radical (unpaired) electrons. The summed E-state index contributed by atoms with van der Waals surface area (Å²) >= 11 is 0. The van der Waals surface area contributed by atoms with Crippen LogP contribution in [0.3, 0.4) is 0 Å². The van der Waals surface area contributed by atoms with E-state index in [2.05, 4.69) is 4.98 Å². The SMILES string of the molecule is CN1CC[C@H]2CN(C(=O)Cc3cccnc3)C[C@@]2(F)C1=O. The first-order valence-electron chi connectivity index (χ1n) is 7.12. The molecule has 0 saturated carbocycles. The van der Waals surface area contributed by atoms with Gasteiger partial charge in [0, 0.05) is 38.4 Å². The fourth-order valence-corrected chi connectivity index (χ4v) is 3.19. The zero-order valence-electron chi connectivity index (χ0n) is 12.0. The number of hydrogen-bond acceptors (Lipinski definition) is 3. The Morgan fingerprint density at radius 2 is 2.38 bits per heavy atom. The third-order valence-electron chi connectivity index (χ3n) is 4.45. The molecular formula is C15H18FN3O2. The van der Waals surface area contributed by atoms with Gasteiger partial charge in [0.1, 0.15) is 0 Å². The quantitative estimate of drug-likeness (QED) is 0.804. The molecule has 21 heavy (non-hydrogen) atoms. The van der Waals surface area contributed by atoms with E-state index in [4.69, 9.17) is 0 Å². The van der Waals surface area contributed by atoms with E-state index in [1.54, 1.807) is 25.5 Å². The van der Waals surface area contributed by atoms with Crippen LogP contribution in [0.4, 0.5) is 4.39 Å². The largest absolute Gasteiger partial charge is 0.343 e. The summed E-state index contributed by atoms with van der Waals surface area (Å²) in [4.78, 5) is 31.2. The van der Waals surface area contributed by atoms with Crippen LogP contribution in [0.5, 0.6) is 0 Å². The molecule has 2 saturated heterocycles. The van der Waals surface area contributed by atoms with Crippen LogP contribution in [-0.2, 0) is 16.0 Å². The fraction of sp³-hybridized carbons (Fsp3) is 0.533. The molecule has 1 aromatic heterocycles. The summed E-state index contributed by atoms with van der Waals surface area (Å²) in [6, 6.07) is 3.58. The molecule has 0 unspecified atom stereocenters. The highest BCUT2D eigenvalue weighted by atomic mass is 19.1. The van der Waals surface area contributed by atoms with Crippen molar-refractivity contribution >= 4 is 11.8 Å². The Kier molecular flexibility index (Phi) is 3.39. The van der Waals surface area contributed by atoms with Crippen molar-refractivity contribution in [2.45, 2.75) is 18.5 Å². The number of rotatable bonds is 2. The molecule has 2 aliphatic rings. The van der Waals surface area contributed by atoms with Crippen LogP contribution in [0.15, 0.2) is 24.5 Å². The summed E-state index contributed by atoms with van der Waals surface area (Å²) < 4.78 is 15.0. The van der Waals surface area contributed by atoms with Crippen molar-refractivity contribution in [3.05, 3.63) is 30.1 Å². The van der Waals surface area contributed by atoms with E-state index in [0.29, 0.717) is 19.5 Å². The highest BCUT2D eigenvalue weighted by Gasteiger charge is 2.57. The van der Waals surface area contributed by atoms with Crippen LogP contribution in [0.25, 0.3) is 0 Å². The van der Waals surface area contributed by atoms with Gasteiger partial charge in [0.2, 0.25) is 11.6 Å². The molecule has 2 atom stereocenters. The van der Waals surface area contributed by atoms with Crippen molar-refractivity contribution in [2.24, 2.45) is 5.92 Å². The third kappa shape index (κ3) is 2.39. The molecule has 6 heteroatoms. The zero-order valence-corrected chi connectivity index (χ0v) is 12.0. The van der Waals surface area contributed by atoms with Gasteiger partial charge < -0.3 is 9.80 Å². The molecule has 3 heterocycles. The Morgan fingerprint density at radius 3 is 3.10 bits per heavy atom. The van der Waals surface area contributed by atoms with Crippen molar-refractivity contribution in [3.63, 3.8) is 0 Å². The second-order valence-corrected chi connectivity index (χ2v) is 5.89. The summed E-state index contributed by atoms with van der Waals surface area (Å²) in [5.74, 6) is -1.01. The molecule has 0 spiro atoms. The third-order valence-corrected chi connectivity index (χ3v) is 4.45. The molecular weight excluding hydrogens is 273 g/mol. The van der Waals surface area contributed by atoms with Gasteiger partial charge in [-0.3, -0.25) is 14.6 Å². The molecule has 112 valence electrons. The number of aromatic nitrogens is 1. The van der Waals surface area contributed by atoms with Crippen LogP contribution in [-0.4, -0.2) is 58.9 Å². The maximum absolute atomic E-state index is 15.0. The number of nitrogens with zero attached hydrogens (tertiary/aromatic N) is 3. The number of likely N-dealkylation sites (tertiary alicyclic amines) is 2. The van der Waals surface area contributed by atoms with Crippen molar-refractivity contribution in [1.29, 1.82) is 0 Å². The van der Waals surface area contributed by atoms with E-state index < -0.39 is 11.6 Å². The number of carbonyl (C=O) groups is 2. The number of amides is 2. The number of fused-ring (bicyclic) bond motifs is 1. The second kappa shape index (κ2) is 5.09. The standard InChI is InChI=1S/C15H18FN3O2/c1-18-6-4-12-9-19(10-15(12,16)14(18)21)13(20)7-11-3-2-5-17-8-11/h2-3,5,8,12H,4,6-7,9-10H2,1H3/t12-,15-/m0/s1. The van der Waals surface area contributed by atoms with Crippen LogP contribution in [0, 0.1) is 5.92 Å². The molecule has 5 nitrogen and oxygen atoms in total. The highest BCUT2D eigenvalue weighted by Crippen LogP contribution is 2.38. The molecule has 2 amide bonds. The first kappa shape index (κ1) is 14.0. The first-order chi connectivity index (χ1) is 10.0. The summed E-state index contributed by atoms with van der Waals surface area (Å²) in [5.41, 5.74) is -1.11. The van der Waals surface area contributed by atoms with Crippen molar-refractivity contribution in [3.8, 4) is 0 Å². The van der Waals surface area contributed by atoms with Crippen molar-refractivity contribution in [1.82, 2.24) is 14.8 Å². The smallest absolute Gasteiger partial charge is 0.262 e. The van der Waals surface area contributed by atoms with Gasteiger partial charge in [-0.1, -0.05) is 6.07 Å². The van der Waals surface area contributed by atoms with Crippen LogP contribution >= 0.6 is 0 Å². The van der Waals surface area contributed by atoms with Crippen molar-refractivity contribution < 1.29 is 14.0 Å². The van der Waals surface area contributed by atoms with Gasteiger partial charge in [0.25, 0.3) is 5.91 Å². The minimum atomic E-state index is -1.91. The molecule has 2 fully saturated rings. The van der Waals surface area contributed by atoms with Crippen LogP contribution < -0.4 is 0 Å². The zero-order chi connectivity index (χ0) is 15.0. The number of hydrogen-bond donors (Lipinski definition) is 0. The molecule has 1 aromatic rings. The van der Waals surface area contributed by atoms with Gasteiger partial charge in [-0.15, -0.1) is 0 Å². The van der Waals surface area contributed by atoms with E-state index in [9.17, 15) is 14.0 Å².